The summed E-state index contributed by atoms with van der Waals surface area (Å²) in [5, 5.41) is 2.22. The largest absolute Gasteiger partial charge is 0.456 e. The molecule has 0 aliphatic heterocycles. The number of hydrogen-bond acceptors (Lipinski definition) is 2. The van der Waals surface area contributed by atoms with E-state index in [2.05, 4.69) is 15.9 Å². The number of anilines is 1. The third-order valence-electron chi connectivity index (χ3n) is 2.46. The number of nitrogen functional groups attached to an aromatic ring is 1. The van der Waals surface area contributed by atoms with Crippen LogP contribution in [0, 0.1) is 0 Å². The summed E-state index contributed by atoms with van der Waals surface area (Å²) in [6.45, 7) is 0. The van der Waals surface area contributed by atoms with Gasteiger partial charge < -0.3 is 10.2 Å². The van der Waals surface area contributed by atoms with Gasteiger partial charge in [0.25, 0.3) is 0 Å². The Morgan fingerprint density at radius 3 is 2.40 bits per heavy atom. The summed E-state index contributed by atoms with van der Waals surface area (Å²) in [5.74, 6) is 0. The molecule has 1 heterocycles. The highest BCUT2D eigenvalue weighted by atomic mass is 79.9. The van der Waals surface area contributed by atoms with Crippen molar-refractivity contribution in [1.82, 2.24) is 0 Å². The van der Waals surface area contributed by atoms with Gasteiger partial charge in [-0.2, -0.15) is 0 Å². The first kappa shape index (κ1) is 8.80. The quantitative estimate of drug-likeness (QED) is 0.623. The first-order valence-electron chi connectivity index (χ1n) is 4.61. The fourth-order valence-corrected chi connectivity index (χ4v) is 2.11. The summed E-state index contributed by atoms with van der Waals surface area (Å²) >= 11 is 3.42. The van der Waals surface area contributed by atoms with E-state index < -0.39 is 0 Å². The third kappa shape index (κ3) is 1.31. The Labute approximate surface area is 94.8 Å². The molecule has 0 spiro atoms. The molecular formula is C12H8BrNO. The van der Waals surface area contributed by atoms with Crippen molar-refractivity contribution in [3.8, 4) is 0 Å². The lowest BCUT2D eigenvalue weighted by atomic mass is 10.1. The Balaban J connectivity index is 2.51. The van der Waals surface area contributed by atoms with Gasteiger partial charge in [0.15, 0.2) is 0 Å². The van der Waals surface area contributed by atoms with Crippen molar-refractivity contribution in [2.75, 3.05) is 5.73 Å². The fourth-order valence-electron chi connectivity index (χ4n) is 1.77. The predicted octanol–water partition coefficient (Wildman–Crippen LogP) is 3.93. The Kier molecular flexibility index (Phi) is 1.76. The lowest BCUT2D eigenvalue weighted by molar-refractivity contribution is 0.669. The second kappa shape index (κ2) is 3.00. The van der Waals surface area contributed by atoms with Crippen LogP contribution >= 0.6 is 15.9 Å². The van der Waals surface area contributed by atoms with Gasteiger partial charge in [-0.05, 0) is 30.3 Å². The van der Waals surface area contributed by atoms with Gasteiger partial charge in [-0.3, -0.25) is 0 Å². The van der Waals surface area contributed by atoms with Crippen LogP contribution in [-0.2, 0) is 0 Å². The molecule has 2 aromatic carbocycles. The topological polar surface area (TPSA) is 39.2 Å². The van der Waals surface area contributed by atoms with Crippen molar-refractivity contribution in [2.24, 2.45) is 0 Å². The maximum atomic E-state index is 5.71. The van der Waals surface area contributed by atoms with E-state index in [1.54, 1.807) is 0 Å². The first-order chi connectivity index (χ1) is 7.24. The molecule has 0 bridgehead atoms. The second-order valence-electron chi connectivity index (χ2n) is 3.50. The number of rotatable bonds is 0. The molecule has 0 aliphatic rings. The first-order valence-corrected chi connectivity index (χ1v) is 5.40. The highest BCUT2D eigenvalue weighted by Gasteiger charge is 2.06. The Morgan fingerprint density at radius 1 is 0.933 bits per heavy atom. The van der Waals surface area contributed by atoms with Gasteiger partial charge in [-0.25, -0.2) is 0 Å². The predicted molar refractivity (Wildman–Crippen MR) is 65.8 cm³/mol. The molecule has 15 heavy (non-hydrogen) atoms. The van der Waals surface area contributed by atoms with Crippen molar-refractivity contribution in [2.45, 2.75) is 0 Å². The number of nitrogens with two attached hydrogens (primary N) is 1. The van der Waals surface area contributed by atoms with E-state index >= 15 is 0 Å². The molecule has 2 nitrogen and oxygen atoms in total. The summed E-state index contributed by atoms with van der Waals surface area (Å²) < 4.78 is 6.72. The zero-order valence-corrected chi connectivity index (χ0v) is 9.41. The van der Waals surface area contributed by atoms with Crippen molar-refractivity contribution < 1.29 is 4.42 Å². The van der Waals surface area contributed by atoms with Crippen LogP contribution in [0.3, 0.4) is 0 Å². The fraction of sp³-hybridized carbons (Fsp3) is 0. The lowest BCUT2D eigenvalue weighted by Gasteiger charge is -1.91. The van der Waals surface area contributed by atoms with E-state index in [0.717, 1.165) is 32.1 Å². The molecule has 0 fully saturated rings. The van der Waals surface area contributed by atoms with Crippen LogP contribution in [-0.4, -0.2) is 0 Å². The number of furan rings is 1. The van der Waals surface area contributed by atoms with Gasteiger partial charge in [0.2, 0.25) is 0 Å². The average Bonchev–Trinajstić information content (AvgIpc) is 2.53. The average molecular weight is 262 g/mol. The number of hydrogen-bond donors (Lipinski definition) is 1. The SMILES string of the molecule is Nc1ccc2c(c1)oc1cc(Br)ccc12. The van der Waals surface area contributed by atoms with Crippen LogP contribution in [0.25, 0.3) is 21.9 Å². The van der Waals surface area contributed by atoms with E-state index in [9.17, 15) is 0 Å². The third-order valence-corrected chi connectivity index (χ3v) is 2.95. The monoisotopic (exact) mass is 261 g/mol. The molecule has 3 rings (SSSR count). The molecule has 0 atom stereocenters. The summed E-state index contributed by atoms with van der Waals surface area (Å²) in [5.41, 5.74) is 8.14. The molecule has 0 unspecified atom stereocenters. The minimum absolute atomic E-state index is 0.723. The number of halogens is 1. The molecule has 74 valence electrons. The summed E-state index contributed by atoms with van der Waals surface area (Å²) in [4.78, 5) is 0. The zero-order valence-electron chi connectivity index (χ0n) is 7.83. The van der Waals surface area contributed by atoms with Crippen LogP contribution in [0.4, 0.5) is 5.69 Å². The summed E-state index contributed by atoms with van der Waals surface area (Å²) in [7, 11) is 0. The van der Waals surface area contributed by atoms with E-state index in [4.69, 9.17) is 10.2 Å². The van der Waals surface area contributed by atoms with Crippen molar-refractivity contribution in [3.63, 3.8) is 0 Å². The highest BCUT2D eigenvalue weighted by Crippen LogP contribution is 2.31. The summed E-state index contributed by atoms with van der Waals surface area (Å²) in [6, 6.07) is 11.7. The van der Waals surface area contributed by atoms with Gasteiger partial charge in [-0.1, -0.05) is 15.9 Å². The zero-order chi connectivity index (χ0) is 10.4. The number of fused-ring (bicyclic) bond motifs is 3. The molecule has 0 saturated carbocycles. The molecule has 1 aromatic heterocycles. The van der Waals surface area contributed by atoms with E-state index in [1.807, 2.05) is 36.4 Å². The van der Waals surface area contributed by atoms with E-state index in [0.29, 0.717) is 0 Å². The second-order valence-corrected chi connectivity index (χ2v) is 4.41. The molecule has 2 N–H and O–H groups in total. The highest BCUT2D eigenvalue weighted by molar-refractivity contribution is 9.10. The van der Waals surface area contributed by atoms with Crippen LogP contribution in [0.2, 0.25) is 0 Å². The molecule has 0 aliphatic carbocycles. The Hall–Kier alpha value is -1.48. The van der Waals surface area contributed by atoms with Gasteiger partial charge in [0.1, 0.15) is 11.2 Å². The van der Waals surface area contributed by atoms with Gasteiger partial charge >= 0.3 is 0 Å². The van der Waals surface area contributed by atoms with Gasteiger partial charge in [-0.15, -0.1) is 0 Å². The van der Waals surface area contributed by atoms with Crippen LogP contribution in [0.1, 0.15) is 0 Å². The van der Waals surface area contributed by atoms with E-state index in [-0.39, 0.29) is 0 Å². The van der Waals surface area contributed by atoms with Gasteiger partial charge in [0.05, 0.1) is 0 Å². The lowest BCUT2D eigenvalue weighted by Crippen LogP contribution is -1.81. The Bertz CT molecular complexity index is 601. The smallest absolute Gasteiger partial charge is 0.137 e. The van der Waals surface area contributed by atoms with E-state index in [1.165, 1.54) is 0 Å². The van der Waals surface area contributed by atoms with Crippen molar-refractivity contribution >= 4 is 43.6 Å². The molecule has 3 aromatic rings. The standard InChI is InChI=1S/C12H8BrNO/c13-7-1-3-9-10-4-2-8(14)6-12(10)15-11(9)5-7/h1-6H,14H2. The minimum atomic E-state index is 0.723. The van der Waals surface area contributed by atoms with Crippen molar-refractivity contribution in [1.29, 1.82) is 0 Å². The maximum Gasteiger partial charge on any atom is 0.137 e. The molecule has 3 heteroatoms. The number of benzene rings is 2. The maximum absolute atomic E-state index is 5.71. The van der Waals surface area contributed by atoms with Crippen LogP contribution < -0.4 is 5.73 Å². The van der Waals surface area contributed by atoms with Crippen LogP contribution in [0.5, 0.6) is 0 Å². The molecule has 0 amide bonds. The normalized spacial score (nSPS) is 11.3. The van der Waals surface area contributed by atoms with Gasteiger partial charge in [0, 0.05) is 27.0 Å². The van der Waals surface area contributed by atoms with Crippen LogP contribution in [0.15, 0.2) is 45.3 Å². The Morgan fingerprint density at radius 2 is 1.60 bits per heavy atom. The molecular weight excluding hydrogens is 254 g/mol. The summed E-state index contributed by atoms with van der Waals surface area (Å²) in [6.07, 6.45) is 0. The molecule has 0 radical (unpaired) electrons. The molecule has 0 saturated heterocycles. The minimum Gasteiger partial charge on any atom is -0.456 e. The van der Waals surface area contributed by atoms with Crippen molar-refractivity contribution in [3.05, 3.63) is 40.9 Å².